The van der Waals surface area contributed by atoms with Crippen molar-refractivity contribution in [2.75, 3.05) is 7.11 Å². The van der Waals surface area contributed by atoms with E-state index < -0.39 is 0 Å². The van der Waals surface area contributed by atoms with Crippen molar-refractivity contribution in [2.24, 2.45) is 7.05 Å². The van der Waals surface area contributed by atoms with E-state index >= 15 is 0 Å². The van der Waals surface area contributed by atoms with Crippen LogP contribution in [0.1, 0.15) is 19.4 Å². The predicted molar refractivity (Wildman–Crippen MR) is 90.5 cm³/mol. The number of fused-ring (bicyclic) bond motifs is 1. The lowest BCUT2D eigenvalue weighted by atomic mass is 10.0. The highest BCUT2D eigenvalue weighted by molar-refractivity contribution is 5.95. The van der Waals surface area contributed by atoms with Crippen molar-refractivity contribution in [3.05, 3.63) is 70.6 Å². The molecule has 0 bridgehead atoms. The van der Waals surface area contributed by atoms with E-state index in [9.17, 15) is 4.79 Å². The normalized spacial score (nSPS) is 11.4. The molecule has 2 aromatic rings. The molecule has 0 amide bonds. The van der Waals surface area contributed by atoms with Gasteiger partial charge in [0, 0.05) is 31.2 Å². The van der Waals surface area contributed by atoms with Gasteiger partial charge in [0.25, 0.3) is 5.56 Å². The minimum Gasteiger partial charge on any atom is -0.497 e. The van der Waals surface area contributed by atoms with Crippen LogP contribution in [0.3, 0.4) is 0 Å². The van der Waals surface area contributed by atoms with Gasteiger partial charge in [-0.15, -0.1) is 0 Å². The monoisotopic (exact) mass is 296 g/mol. The summed E-state index contributed by atoms with van der Waals surface area (Å²) in [5.74, 6) is 0.783. The molecule has 0 N–H and O–H groups in total. The van der Waals surface area contributed by atoms with E-state index in [1.807, 2.05) is 32.2 Å². The Morgan fingerprint density at radius 3 is 2.68 bits per heavy atom. The zero-order valence-corrected chi connectivity index (χ0v) is 13.4. The van der Waals surface area contributed by atoms with Crippen LogP contribution in [0, 0.1) is 0 Å². The van der Waals surface area contributed by atoms with Gasteiger partial charge in [0.2, 0.25) is 0 Å². The lowest BCUT2D eigenvalue weighted by Gasteiger charge is -2.11. The maximum Gasteiger partial charge on any atom is 0.259 e. The fourth-order valence-electron chi connectivity index (χ4n) is 2.34. The number of nitrogens with zero attached hydrogens (tertiary/aromatic N) is 2. The maximum atomic E-state index is 12.2. The molecule has 2 heterocycles. The largest absolute Gasteiger partial charge is 0.497 e. The van der Waals surface area contributed by atoms with Crippen LogP contribution in [0.4, 0.5) is 0 Å². The number of aryl methyl sites for hydroxylation is 1. The third-order valence-corrected chi connectivity index (χ3v) is 3.51. The minimum absolute atomic E-state index is 0.0653. The van der Waals surface area contributed by atoms with Crippen molar-refractivity contribution < 1.29 is 4.74 Å². The smallest absolute Gasteiger partial charge is 0.259 e. The molecule has 0 aliphatic heterocycles. The zero-order chi connectivity index (χ0) is 16.3. The first kappa shape index (κ1) is 15.8. The molecular formula is C18H20N2O2. The van der Waals surface area contributed by atoms with Crippen LogP contribution < -0.4 is 5.56 Å². The van der Waals surface area contributed by atoms with Crippen LogP contribution in [-0.4, -0.2) is 16.7 Å². The molecule has 0 aliphatic rings. The van der Waals surface area contributed by atoms with E-state index in [-0.39, 0.29) is 5.56 Å². The fourth-order valence-corrected chi connectivity index (χ4v) is 2.34. The Morgan fingerprint density at radius 2 is 2.09 bits per heavy atom. The number of hydrogen-bond acceptors (Lipinski definition) is 3. The first-order chi connectivity index (χ1) is 10.5. The molecule has 4 heteroatoms. The summed E-state index contributed by atoms with van der Waals surface area (Å²) < 4.78 is 6.97. The molecule has 0 atom stereocenters. The lowest BCUT2D eigenvalue weighted by Crippen LogP contribution is -2.17. The Balaban J connectivity index is 2.81. The molecule has 0 saturated carbocycles. The summed E-state index contributed by atoms with van der Waals surface area (Å²) >= 11 is 0. The third kappa shape index (κ3) is 2.86. The van der Waals surface area contributed by atoms with E-state index in [0.717, 1.165) is 27.9 Å². The number of aromatic nitrogens is 2. The molecule has 2 rings (SSSR count). The molecule has 0 unspecified atom stereocenters. The third-order valence-electron chi connectivity index (χ3n) is 3.51. The Hall–Kier alpha value is -2.62. The highest BCUT2D eigenvalue weighted by Crippen LogP contribution is 2.25. The molecule has 0 spiro atoms. The number of methoxy groups -OCH3 is 1. The molecule has 0 aliphatic carbocycles. The predicted octanol–water partition coefficient (Wildman–Crippen LogP) is 3.44. The van der Waals surface area contributed by atoms with E-state index in [4.69, 9.17) is 4.74 Å². The summed E-state index contributed by atoms with van der Waals surface area (Å²) in [5.41, 5.74) is 2.82. The van der Waals surface area contributed by atoms with Gasteiger partial charge in [-0.1, -0.05) is 12.7 Å². The van der Waals surface area contributed by atoms with Crippen molar-refractivity contribution in [3.8, 4) is 0 Å². The summed E-state index contributed by atoms with van der Waals surface area (Å²) in [6, 6.07) is 1.85. The highest BCUT2D eigenvalue weighted by Gasteiger charge is 2.10. The van der Waals surface area contributed by atoms with Gasteiger partial charge in [-0.2, -0.15) is 0 Å². The van der Waals surface area contributed by atoms with Gasteiger partial charge in [-0.05, 0) is 42.5 Å². The molecule has 0 fully saturated rings. The SMILES string of the molecule is C=C/C(=C\C(OC)=C(C)C)c1cn(C)c(=O)c2cnccc12. The molecule has 2 aromatic heterocycles. The number of allylic oxidation sites excluding steroid dienone is 4. The van der Waals surface area contributed by atoms with Gasteiger partial charge >= 0.3 is 0 Å². The minimum atomic E-state index is -0.0653. The lowest BCUT2D eigenvalue weighted by molar-refractivity contribution is 0.302. The van der Waals surface area contributed by atoms with Crippen molar-refractivity contribution in [1.29, 1.82) is 0 Å². The Labute approximate surface area is 130 Å². The molecule has 0 saturated heterocycles. The summed E-state index contributed by atoms with van der Waals surface area (Å²) in [7, 11) is 3.37. The topological polar surface area (TPSA) is 44.1 Å². The van der Waals surface area contributed by atoms with Gasteiger partial charge in [0.15, 0.2) is 0 Å². The standard InChI is InChI=1S/C18H20N2O2/c1-6-13(9-17(22-5)12(2)3)16-11-20(4)18(21)15-10-19-8-7-14(15)16/h6-11H,1H2,2-5H3/b13-9+. The first-order valence-corrected chi connectivity index (χ1v) is 6.99. The van der Waals surface area contributed by atoms with Crippen LogP contribution in [0.5, 0.6) is 0 Å². The number of rotatable bonds is 4. The quantitative estimate of drug-likeness (QED) is 0.641. The second-order valence-corrected chi connectivity index (χ2v) is 5.25. The zero-order valence-electron chi connectivity index (χ0n) is 13.4. The van der Waals surface area contributed by atoms with E-state index in [1.54, 1.807) is 37.2 Å². The van der Waals surface area contributed by atoms with Gasteiger partial charge in [-0.25, -0.2) is 0 Å². The average molecular weight is 296 g/mol. The fraction of sp³-hybridized carbons (Fsp3) is 0.222. The Morgan fingerprint density at radius 1 is 1.36 bits per heavy atom. The summed E-state index contributed by atoms with van der Waals surface area (Å²) in [4.78, 5) is 16.3. The van der Waals surface area contributed by atoms with Crippen LogP contribution in [0.15, 0.2) is 59.5 Å². The average Bonchev–Trinajstić information content (AvgIpc) is 2.52. The van der Waals surface area contributed by atoms with Crippen LogP contribution in [-0.2, 0) is 11.8 Å². The summed E-state index contributed by atoms with van der Waals surface area (Å²) in [6.07, 6.45) is 8.80. The van der Waals surface area contributed by atoms with Crippen LogP contribution in [0.25, 0.3) is 16.3 Å². The Kier molecular flexibility index (Phi) is 4.61. The molecule has 22 heavy (non-hydrogen) atoms. The summed E-state index contributed by atoms with van der Waals surface area (Å²) in [5, 5.41) is 1.44. The van der Waals surface area contributed by atoms with Gasteiger partial charge in [0.05, 0.1) is 12.5 Å². The molecular weight excluding hydrogens is 276 g/mol. The Bertz CT molecular complexity index is 838. The number of ether oxygens (including phenoxy) is 1. The maximum absolute atomic E-state index is 12.2. The van der Waals surface area contributed by atoms with Crippen molar-refractivity contribution in [1.82, 2.24) is 9.55 Å². The van der Waals surface area contributed by atoms with E-state index in [2.05, 4.69) is 11.6 Å². The molecule has 114 valence electrons. The van der Waals surface area contributed by atoms with Crippen LogP contribution >= 0.6 is 0 Å². The molecule has 0 aromatic carbocycles. The molecule has 4 nitrogen and oxygen atoms in total. The van der Waals surface area contributed by atoms with Gasteiger partial charge in [0.1, 0.15) is 5.76 Å². The molecule has 0 radical (unpaired) electrons. The van der Waals surface area contributed by atoms with E-state index in [1.165, 1.54) is 0 Å². The van der Waals surface area contributed by atoms with E-state index in [0.29, 0.717) is 5.39 Å². The van der Waals surface area contributed by atoms with Gasteiger partial charge in [-0.3, -0.25) is 9.78 Å². The number of hydrogen-bond donors (Lipinski definition) is 0. The van der Waals surface area contributed by atoms with Crippen molar-refractivity contribution >= 4 is 16.3 Å². The van der Waals surface area contributed by atoms with Crippen molar-refractivity contribution in [2.45, 2.75) is 13.8 Å². The van der Waals surface area contributed by atoms with Crippen LogP contribution in [0.2, 0.25) is 0 Å². The second-order valence-electron chi connectivity index (χ2n) is 5.25. The second kappa shape index (κ2) is 6.43. The van der Waals surface area contributed by atoms with Gasteiger partial charge < -0.3 is 9.30 Å². The highest BCUT2D eigenvalue weighted by atomic mass is 16.5. The summed E-state index contributed by atoms with van der Waals surface area (Å²) in [6.45, 7) is 7.86. The van der Waals surface area contributed by atoms with Crippen molar-refractivity contribution in [3.63, 3.8) is 0 Å². The first-order valence-electron chi connectivity index (χ1n) is 6.99. The number of pyridine rings is 2.